The fourth-order valence-electron chi connectivity index (χ4n) is 3.70. The molecule has 0 aliphatic carbocycles. The summed E-state index contributed by atoms with van der Waals surface area (Å²) < 4.78 is 19.2. The SMILES string of the molecule is COc1cc(C2C(C#N)=C(N)Oc3c2c(C)nn3-c2ccccc2)cc(Br)c1OC. The Kier molecular flexibility index (Phi) is 5.14. The average molecular weight is 467 g/mol. The minimum atomic E-state index is -0.465. The number of hydrogen-bond donors (Lipinski definition) is 1. The Labute approximate surface area is 182 Å². The minimum absolute atomic E-state index is 0.0537. The fraction of sp³-hybridized carbons (Fsp3) is 0.182. The third-order valence-electron chi connectivity index (χ3n) is 5.02. The van der Waals surface area contributed by atoms with Crippen LogP contribution in [0.5, 0.6) is 17.4 Å². The minimum Gasteiger partial charge on any atom is -0.493 e. The van der Waals surface area contributed by atoms with Crippen LogP contribution in [0.15, 0.2) is 58.4 Å². The van der Waals surface area contributed by atoms with Crippen LogP contribution < -0.4 is 19.9 Å². The van der Waals surface area contributed by atoms with Crippen molar-refractivity contribution in [3.63, 3.8) is 0 Å². The highest BCUT2D eigenvalue weighted by Gasteiger charge is 2.36. The molecule has 1 unspecified atom stereocenters. The summed E-state index contributed by atoms with van der Waals surface area (Å²) in [6.07, 6.45) is 0. The van der Waals surface area contributed by atoms with E-state index in [4.69, 9.17) is 19.9 Å². The largest absolute Gasteiger partial charge is 0.493 e. The average Bonchev–Trinajstić information content (AvgIpc) is 3.08. The molecule has 2 heterocycles. The number of nitrogens with two attached hydrogens (primary N) is 1. The predicted octanol–water partition coefficient (Wildman–Crippen LogP) is 4.18. The molecular formula is C22H19BrN4O3. The van der Waals surface area contributed by atoms with E-state index in [1.807, 2.05) is 49.4 Å². The molecule has 0 saturated carbocycles. The van der Waals surface area contributed by atoms with E-state index in [9.17, 15) is 5.26 Å². The highest BCUT2D eigenvalue weighted by Crippen LogP contribution is 2.47. The van der Waals surface area contributed by atoms with Crippen molar-refractivity contribution in [2.75, 3.05) is 14.2 Å². The van der Waals surface area contributed by atoms with Gasteiger partial charge in [-0.1, -0.05) is 18.2 Å². The molecule has 0 saturated heterocycles. The Morgan fingerprint density at radius 3 is 2.57 bits per heavy atom. The van der Waals surface area contributed by atoms with Crippen molar-refractivity contribution in [3.05, 3.63) is 75.2 Å². The molecule has 0 radical (unpaired) electrons. The predicted molar refractivity (Wildman–Crippen MR) is 115 cm³/mol. The van der Waals surface area contributed by atoms with Crippen molar-refractivity contribution in [2.45, 2.75) is 12.8 Å². The lowest BCUT2D eigenvalue weighted by molar-refractivity contribution is 0.351. The number of aromatic nitrogens is 2. The first-order valence-electron chi connectivity index (χ1n) is 9.14. The normalized spacial score (nSPS) is 15.2. The molecule has 152 valence electrons. The van der Waals surface area contributed by atoms with Crippen LogP contribution in [0.1, 0.15) is 22.7 Å². The van der Waals surface area contributed by atoms with Gasteiger partial charge >= 0.3 is 0 Å². The fourth-order valence-corrected chi connectivity index (χ4v) is 4.32. The molecule has 0 fully saturated rings. The molecule has 1 atom stereocenters. The third kappa shape index (κ3) is 3.08. The Hall–Kier alpha value is -3.44. The van der Waals surface area contributed by atoms with Gasteiger partial charge in [0.25, 0.3) is 0 Å². The van der Waals surface area contributed by atoms with Crippen LogP contribution in [0.3, 0.4) is 0 Å². The molecule has 1 aromatic heterocycles. The number of rotatable bonds is 4. The van der Waals surface area contributed by atoms with Crippen LogP contribution >= 0.6 is 15.9 Å². The zero-order valence-corrected chi connectivity index (χ0v) is 18.2. The van der Waals surface area contributed by atoms with E-state index in [0.29, 0.717) is 27.4 Å². The van der Waals surface area contributed by atoms with Gasteiger partial charge in [-0.2, -0.15) is 10.4 Å². The number of hydrogen-bond acceptors (Lipinski definition) is 6. The van der Waals surface area contributed by atoms with Gasteiger partial charge in [0.2, 0.25) is 11.8 Å². The lowest BCUT2D eigenvalue weighted by atomic mass is 9.84. The number of benzene rings is 2. The lowest BCUT2D eigenvalue weighted by Crippen LogP contribution is -2.22. The first-order valence-corrected chi connectivity index (χ1v) is 9.93. The molecule has 1 aliphatic heterocycles. The number of nitriles is 1. The number of ether oxygens (including phenoxy) is 3. The number of methoxy groups -OCH3 is 2. The molecule has 8 heteroatoms. The molecule has 0 amide bonds. The molecule has 2 aromatic carbocycles. The summed E-state index contributed by atoms with van der Waals surface area (Å²) in [4.78, 5) is 0. The maximum Gasteiger partial charge on any atom is 0.229 e. The van der Waals surface area contributed by atoms with E-state index < -0.39 is 5.92 Å². The molecule has 30 heavy (non-hydrogen) atoms. The molecule has 4 rings (SSSR count). The van der Waals surface area contributed by atoms with E-state index in [2.05, 4.69) is 27.1 Å². The smallest absolute Gasteiger partial charge is 0.229 e. The van der Waals surface area contributed by atoms with E-state index in [1.165, 1.54) is 0 Å². The van der Waals surface area contributed by atoms with Crippen molar-refractivity contribution in [2.24, 2.45) is 5.73 Å². The van der Waals surface area contributed by atoms with Crippen molar-refractivity contribution in [1.29, 1.82) is 5.26 Å². The molecular weight excluding hydrogens is 448 g/mol. The molecule has 0 spiro atoms. The summed E-state index contributed by atoms with van der Waals surface area (Å²) in [6.45, 7) is 1.89. The topological polar surface area (TPSA) is 95.3 Å². The van der Waals surface area contributed by atoms with Gasteiger partial charge in [0.1, 0.15) is 11.6 Å². The quantitative estimate of drug-likeness (QED) is 0.619. The highest BCUT2D eigenvalue weighted by molar-refractivity contribution is 9.10. The number of nitrogens with zero attached hydrogens (tertiary/aromatic N) is 3. The second-order valence-electron chi connectivity index (χ2n) is 6.71. The Balaban J connectivity index is 1.97. The van der Waals surface area contributed by atoms with Gasteiger partial charge in [-0.15, -0.1) is 0 Å². The first kappa shape index (κ1) is 19.9. The van der Waals surface area contributed by atoms with E-state index in [1.54, 1.807) is 18.9 Å². The monoisotopic (exact) mass is 466 g/mol. The van der Waals surface area contributed by atoms with Crippen LogP contribution in [-0.2, 0) is 0 Å². The molecule has 3 aromatic rings. The molecule has 7 nitrogen and oxygen atoms in total. The summed E-state index contributed by atoms with van der Waals surface area (Å²) >= 11 is 3.54. The number of fused-ring (bicyclic) bond motifs is 1. The zero-order chi connectivity index (χ0) is 21.4. The van der Waals surface area contributed by atoms with Crippen LogP contribution in [-0.4, -0.2) is 24.0 Å². The number of aryl methyl sites for hydroxylation is 1. The maximum absolute atomic E-state index is 9.87. The number of halogens is 1. The van der Waals surface area contributed by atoms with Crippen molar-refractivity contribution >= 4 is 15.9 Å². The second-order valence-corrected chi connectivity index (χ2v) is 7.57. The van der Waals surface area contributed by atoms with Crippen molar-refractivity contribution in [1.82, 2.24) is 9.78 Å². The number of allylic oxidation sites excluding steroid dienone is 1. The van der Waals surface area contributed by atoms with Gasteiger partial charge in [-0.25, -0.2) is 4.68 Å². The lowest BCUT2D eigenvalue weighted by Gasteiger charge is -2.25. The van der Waals surface area contributed by atoms with Gasteiger partial charge in [0, 0.05) is 0 Å². The summed E-state index contributed by atoms with van der Waals surface area (Å²) in [5.41, 5.74) is 9.66. The highest BCUT2D eigenvalue weighted by atomic mass is 79.9. The standard InChI is InChI=1S/C22H19BrN4O3/c1-12-18-19(13-9-16(23)20(29-3)17(10-13)28-2)15(11-24)21(25)30-22(18)27(26-12)14-7-5-4-6-8-14/h4-10,19H,25H2,1-3H3. The van der Waals surface area contributed by atoms with Gasteiger partial charge < -0.3 is 19.9 Å². The van der Waals surface area contributed by atoms with Crippen LogP contribution in [0.2, 0.25) is 0 Å². The third-order valence-corrected chi connectivity index (χ3v) is 5.61. The summed E-state index contributed by atoms with van der Waals surface area (Å²) in [5.74, 6) is 1.19. The van der Waals surface area contributed by atoms with Crippen LogP contribution in [0.25, 0.3) is 5.69 Å². The van der Waals surface area contributed by atoms with Gasteiger partial charge in [0.15, 0.2) is 11.5 Å². The van der Waals surface area contributed by atoms with Crippen LogP contribution in [0, 0.1) is 18.3 Å². The van der Waals surface area contributed by atoms with Gasteiger partial charge in [0.05, 0.1) is 41.6 Å². The molecule has 2 N–H and O–H groups in total. The maximum atomic E-state index is 9.87. The first-order chi connectivity index (χ1) is 14.5. The second kappa shape index (κ2) is 7.76. The number of para-hydroxylation sites is 1. The Bertz CT molecular complexity index is 1200. The Morgan fingerprint density at radius 2 is 1.93 bits per heavy atom. The summed E-state index contributed by atoms with van der Waals surface area (Å²) in [5, 5.41) is 14.5. The van der Waals surface area contributed by atoms with E-state index >= 15 is 0 Å². The van der Waals surface area contributed by atoms with E-state index in [0.717, 1.165) is 22.5 Å². The Morgan fingerprint density at radius 1 is 1.20 bits per heavy atom. The van der Waals surface area contributed by atoms with Crippen LogP contribution in [0.4, 0.5) is 0 Å². The van der Waals surface area contributed by atoms with Crippen molar-refractivity contribution < 1.29 is 14.2 Å². The van der Waals surface area contributed by atoms with E-state index in [-0.39, 0.29) is 5.88 Å². The van der Waals surface area contributed by atoms with Gasteiger partial charge in [-0.05, 0) is 52.7 Å². The van der Waals surface area contributed by atoms with Crippen molar-refractivity contribution in [3.8, 4) is 29.1 Å². The van der Waals surface area contributed by atoms with Gasteiger partial charge in [-0.3, -0.25) is 0 Å². The molecule has 0 bridgehead atoms. The summed E-state index contributed by atoms with van der Waals surface area (Å²) in [7, 11) is 3.14. The molecule has 1 aliphatic rings. The summed E-state index contributed by atoms with van der Waals surface area (Å²) in [6, 6.07) is 15.6. The zero-order valence-electron chi connectivity index (χ0n) is 16.6.